The van der Waals surface area contributed by atoms with Crippen LogP contribution in [0.3, 0.4) is 0 Å². The van der Waals surface area contributed by atoms with Crippen LogP contribution in [0.25, 0.3) is 0 Å². The maximum absolute atomic E-state index is 4.89. The standard InChI is InChI=1S/C27H33N3.3ClH.Fe/c1-4-10-25(11-5-1)22-28-16-18-29(23-26-12-6-2-7-13-26)20-21-30(19-17-28)24-27-14-8-3-9-15-27;;;;/h1-15H,16-24H2;3*1H;/q;;;;+3/p-3. The van der Waals surface area contributed by atoms with E-state index in [-0.39, 0.29) is 0 Å². The molecule has 1 aliphatic heterocycles. The monoisotopic (exact) mass is 560 g/mol. The zero-order valence-corrected chi connectivity index (χ0v) is 22.7. The van der Waals surface area contributed by atoms with Crippen LogP contribution in [0, 0.1) is 0 Å². The van der Waals surface area contributed by atoms with Gasteiger partial charge in [0.05, 0.1) is 0 Å². The van der Waals surface area contributed by atoms with Crippen LogP contribution >= 0.6 is 30.3 Å². The summed E-state index contributed by atoms with van der Waals surface area (Å²) in [6.07, 6.45) is 0. The van der Waals surface area contributed by atoms with Gasteiger partial charge in [-0.15, -0.1) is 0 Å². The van der Waals surface area contributed by atoms with E-state index in [1.165, 1.54) is 16.7 Å². The molecule has 0 aliphatic carbocycles. The normalized spacial score (nSPS) is 16.5. The van der Waals surface area contributed by atoms with Crippen molar-refractivity contribution < 1.29 is 11.2 Å². The summed E-state index contributed by atoms with van der Waals surface area (Å²) in [6, 6.07) is 32.7. The Labute approximate surface area is 221 Å². The van der Waals surface area contributed by atoms with Crippen LogP contribution in [-0.2, 0) is 30.8 Å². The van der Waals surface area contributed by atoms with Crippen LogP contribution in [0.5, 0.6) is 0 Å². The summed E-state index contributed by atoms with van der Waals surface area (Å²) in [5.74, 6) is 0. The molecule has 0 atom stereocenters. The third-order valence-electron chi connectivity index (χ3n) is 5.94. The quantitative estimate of drug-likeness (QED) is 0.315. The molecule has 1 saturated heterocycles. The van der Waals surface area contributed by atoms with Crippen molar-refractivity contribution in [2.24, 2.45) is 0 Å². The number of benzene rings is 3. The molecule has 3 aromatic carbocycles. The predicted molar refractivity (Wildman–Crippen MR) is 143 cm³/mol. The van der Waals surface area contributed by atoms with Crippen molar-refractivity contribution in [3.63, 3.8) is 0 Å². The molecule has 0 aromatic heterocycles. The first-order chi connectivity index (χ1) is 16.6. The van der Waals surface area contributed by atoms with E-state index in [9.17, 15) is 0 Å². The predicted octanol–water partition coefficient (Wildman–Crippen LogP) is 6.57. The molecule has 185 valence electrons. The van der Waals surface area contributed by atoms with Crippen molar-refractivity contribution in [2.45, 2.75) is 19.6 Å². The fraction of sp³-hybridized carbons (Fsp3) is 0.333. The van der Waals surface area contributed by atoms with Crippen LogP contribution in [0.15, 0.2) is 91.0 Å². The van der Waals surface area contributed by atoms with E-state index >= 15 is 0 Å². The van der Waals surface area contributed by atoms with Gasteiger partial charge < -0.3 is 0 Å². The minimum absolute atomic E-state index is 1.03. The van der Waals surface area contributed by atoms with Gasteiger partial charge in [0.2, 0.25) is 0 Å². The van der Waals surface area contributed by atoms with E-state index in [2.05, 4.69) is 106 Å². The molecule has 1 aliphatic rings. The van der Waals surface area contributed by atoms with Gasteiger partial charge in [0.25, 0.3) is 0 Å². The topological polar surface area (TPSA) is 9.72 Å². The molecule has 3 aromatic rings. The summed E-state index contributed by atoms with van der Waals surface area (Å²) in [6.45, 7) is 9.75. The summed E-state index contributed by atoms with van der Waals surface area (Å²) in [5, 5.41) is 0. The maximum atomic E-state index is 4.89. The molecule has 7 heteroatoms. The third-order valence-corrected chi connectivity index (χ3v) is 5.94. The second kappa shape index (κ2) is 15.8. The molecule has 4 rings (SSSR count). The zero-order chi connectivity index (χ0) is 24.0. The molecule has 34 heavy (non-hydrogen) atoms. The van der Waals surface area contributed by atoms with E-state index in [0.29, 0.717) is 0 Å². The first-order valence-corrected chi connectivity index (χ1v) is 16.1. The molecule has 0 spiro atoms. The van der Waals surface area contributed by atoms with Crippen LogP contribution < -0.4 is 0 Å². The van der Waals surface area contributed by atoms with Crippen molar-refractivity contribution in [3.8, 4) is 0 Å². The Bertz CT molecular complexity index is 784. The van der Waals surface area contributed by atoms with Crippen molar-refractivity contribution in [2.75, 3.05) is 39.3 Å². The summed E-state index contributed by atoms with van der Waals surface area (Å²) in [4.78, 5) is 7.86. The van der Waals surface area contributed by atoms with E-state index in [1.807, 2.05) is 0 Å². The number of hydrogen-bond acceptors (Lipinski definition) is 3. The smallest absolute Gasteiger partial charge is 0.0234 e. The van der Waals surface area contributed by atoms with Gasteiger partial charge in [-0.3, -0.25) is 14.7 Å². The molecule has 0 saturated carbocycles. The Hall–Kier alpha value is -1.07. The van der Waals surface area contributed by atoms with Gasteiger partial charge in [0, 0.05) is 58.9 Å². The molecule has 3 nitrogen and oxygen atoms in total. The van der Waals surface area contributed by atoms with E-state index < -0.39 is 11.2 Å². The van der Waals surface area contributed by atoms with Crippen molar-refractivity contribution >= 4 is 30.3 Å². The van der Waals surface area contributed by atoms with Crippen LogP contribution in [0.2, 0.25) is 0 Å². The second-order valence-corrected chi connectivity index (χ2v) is 13.9. The summed E-state index contributed by atoms with van der Waals surface area (Å²) in [5.41, 5.74) is 4.21. The van der Waals surface area contributed by atoms with Crippen molar-refractivity contribution in [1.82, 2.24) is 14.7 Å². The Kier molecular flexibility index (Phi) is 12.8. The third kappa shape index (κ3) is 11.1. The number of halogens is 3. The summed E-state index contributed by atoms with van der Waals surface area (Å²) < 4.78 is 0. The van der Waals surface area contributed by atoms with Gasteiger partial charge in [0.1, 0.15) is 0 Å². The van der Waals surface area contributed by atoms with E-state index in [0.717, 1.165) is 58.9 Å². The summed E-state index contributed by atoms with van der Waals surface area (Å²) >= 11 is -1.33. The fourth-order valence-corrected chi connectivity index (χ4v) is 4.18. The van der Waals surface area contributed by atoms with Crippen LogP contribution in [0.4, 0.5) is 0 Å². The van der Waals surface area contributed by atoms with Gasteiger partial charge in [-0.05, 0) is 16.7 Å². The summed E-state index contributed by atoms with van der Waals surface area (Å²) in [7, 11) is 14.7. The molecule has 0 N–H and O–H groups in total. The number of hydrogen-bond donors (Lipinski definition) is 0. The number of nitrogens with zero attached hydrogens (tertiary/aromatic N) is 3. The molecule has 1 heterocycles. The first-order valence-electron chi connectivity index (χ1n) is 11.5. The molecule has 0 bridgehead atoms. The molecule has 0 radical (unpaired) electrons. The van der Waals surface area contributed by atoms with E-state index in [4.69, 9.17) is 30.3 Å². The molecular formula is C27H33Cl3FeN3. The molecule has 0 amide bonds. The Morgan fingerprint density at radius 1 is 0.441 bits per heavy atom. The first kappa shape index (κ1) is 27.5. The van der Waals surface area contributed by atoms with Crippen molar-refractivity contribution in [3.05, 3.63) is 108 Å². The SMILES string of the molecule is [Cl][Fe]([Cl])[Cl].c1ccc(CN2CCN(Cc3ccccc3)CCN(Cc3ccccc3)CC2)cc1. The van der Waals surface area contributed by atoms with Gasteiger partial charge in [-0.1, -0.05) is 91.0 Å². The second-order valence-electron chi connectivity index (χ2n) is 8.44. The van der Waals surface area contributed by atoms with Gasteiger partial charge in [-0.25, -0.2) is 0 Å². The molecular weight excluding hydrogens is 529 g/mol. The van der Waals surface area contributed by atoms with Gasteiger partial charge >= 0.3 is 41.5 Å². The average Bonchev–Trinajstić information content (AvgIpc) is 2.93. The Morgan fingerprint density at radius 3 is 0.853 bits per heavy atom. The van der Waals surface area contributed by atoms with Gasteiger partial charge in [0.15, 0.2) is 0 Å². The number of rotatable bonds is 6. The van der Waals surface area contributed by atoms with Crippen LogP contribution in [-0.4, -0.2) is 54.0 Å². The fourth-order valence-electron chi connectivity index (χ4n) is 4.18. The average molecular weight is 562 g/mol. The Morgan fingerprint density at radius 2 is 0.647 bits per heavy atom. The minimum Gasteiger partial charge on any atom is -0.297 e. The van der Waals surface area contributed by atoms with Crippen LogP contribution in [0.1, 0.15) is 16.7 Å². The molecule has 1 fully saturated rings. The van der Waals surface area contributed by atoms with Gasteiger partial charge in [-0.2, -0.15) is 0 Å². The largest absolute Gasteiger partial charge is 0.297 e. The Balaban J connectivity index is 0.000000751. The zero-order valence-electron chi connectivity index (χ0n) is 19.4. The minimum atomic E-state index is -1.33. The molecule has 0 unspecified atom stereocenters. The van der Waals surface area contributed by atoms with Crippen molar-refractivity contribution in [1.29, 1.82) is 0 Å². The van der Waals surface area contributed by atoms with E-state index in [1.54, 1.807) is 0 Å². The maximum Gasteiger partial charge on any atom is 0.0234 e.